The normalized spacial score (nSPS) is 51.0. The van der Waals surface area contributed by atoms with Crippen molar-refractivity contribution in [2.24, 2.45) is 23.7 Å². The molecule has 0 spiro atoms. The number of hydrogen-bond donors (Lipinski definition) is 0. The number of rotatable bonds is 2. The molecule has 0 aromatic rings. The predicted octanol–water partition coefficient (Wildman–Crippen LogP) is 2.83. The maximum atomic E-state index is 1.61. The van der Waals surface area contributed by atoms with Gasteiger partial charge in [0.2, 0.25) is 0 Å². The van der Waals surface area contributed by atoms with E-state index in [2.05, 4.69) is 0 Å². The first kappa shape index (κ1) is 5.62. The first-order chi connectivity index (χ1) is 4.93. The fourth-order valence-electron chi connectivity index (χ4n) is 2.90. The number of hydrogen-bond acceptors (Lipinski definition) is 0. The first-order valence-corrected chi connectivity index (χ1v) is 4.93. The Morgan fingerprint density at radius 2 is 1.90 bits per heavy atom. The van der Waals surface area contributed by atoms with Crippen molar-refractivity contribution in [2.75, 3.05) is 0 Å². The van der Waals surface area contributed by atoms with E-state index in [0.717, 1.165) is 0 Å². The summed E-state index contributed by atoms with van der Waals surface area (Å²) in [5.74, 6) is 4.81. The average Bonchev–Trinajstić information content (AvgIpc) is 2.74. The van der Waals surface area contributed by atoms with Crippen molar-refractivity contribution in [2.45, 2.75) is 38.5 Å². The van der Waals surface area contributed by atoms with E-state index in [1.54, 1.807) is 38.5 Å². The zero-order valence-corrected chi connectivity index (χ0v) is 6.55. The van der Waals surface area contributed by atoms with Crippen LogP contribution in [0.4, 0.5) is 0 Å². The molecule has 0 nitrogen and oxygen atoms in total. The fraction of sp³-hybridized carbons (Fsp3) is 1.00. The van der Waals surface area contributed by atoms with Crippen molar-refractivity contribution < 1.29 is 0 Å². The van der Waals surface area contributed by atoms with Crippen LogP contribution in [0.25, 0.3) is 0 Å². The minimum absolute atomic E-state index is 1.18. The lowest BCUT2D eigenvalue weighted by Crippen LogP contribution is -1.99. The molecule has 0 saturated heterocycles. The molecule has 10 heavy (non-hydrogen) atoms. The summed E-state index contributed by atoms with van der Waals surface area (Å²) in [5, 5.41) is 0. The van der Waals surface area contributed by atoms with Crippen LogP contribution in [0.1, 0.15) is 38.5 Å². The van der Waals surface area contributed by atoms with Gasteiger partial charge in [-0.25, -0.2) is 0 Å². The third-order valence-corrected chi connectivity index (χ3v) is 3.82. The first-order valence-electron chi connectivity index (χ1n) is 4.93. The Balaban J connectivity index is 1.60. The molecule has 0 aromatic heterocycles. The molecule has 0 bridgehead atoms. The summed E-state index contributed by atoms with van der Waals surface area (Å²) in [6.07, 6.45) is 9.52. The highest BCUT2D eigenvalue weighted by atomic mass is 14.5. The molecule has 0 aliphatic heterocycles. The van der Waals surface area contributed by atoms with Crippen molar-refractivity contribution in [3.05, 3.63) is 0 Å². The summed E-state index contributed by atoms with van der Waals surface area (Å²) in [6.45, 7) is 0. The summed E-state index contributed by atoms with van der Waals surface area (Å²) in [5.41, 5.74) is 0. The highest BCUT2D eigenvalue weighted by Crippen LogP contribution is 2.58. The lowest BCUT2D eigenvalue weighted by molar-refractivity contribution is 0.419. The summed E-state index contributed by atoms with van der Waals surface area (Å²) >= 11 is 0. The second-order valence-electron chi connectivity index (χ2n) is 4.68. The average molecular weight is 136 g/mol. The van der Waals surface area contributed by atoms with Crippen molar-refractivity contribution >= 4 is 0 Å². The van der Waals surface area contributed by atoms with Gasteiger partial charge in [-0.2, -0.15) is 0 Å². The SMILES string of the molecule is C1CC1CC1CCC2CC12. The standard InChI is InChI=1S/C10H16/c1-2-7(1)5-8-3-4-9-6-10(8)9/h7-10H,1-6H2. The van der Waals surface area contributed by atoms with Crippen molar-refractivity contribution in [3.8, 4) is 0 Å². The summed E-state index contributed by atoms with van der Waals surface area (Å²) in [7, 11) is 0. The van der Waals surface area contributed by atoms with E-state index in [4.69, 9.17) is 0 Å². The predicted molar refractivity (Wildman–Crippen MR) is 41.7 cm³/mol. The van der Waals surface area contributed by atoms with Crippen LogP contribution in [0.2, 0.25) is 0 Å². The summed E-state index contributed by atoms with van der Waals surface area (Å²) in [4.78, 5) is 0. The lowest BCUT2D eigenvalue weighted by Gasteiger charge is -2.08. The highest BCUT2D eigenvalue weighted by Gasteiger charge is 2.48. The molecule has 3 saturated carbocycles. The third kappa shape index (κ3) is 0.810. The van der Waals surface area contributed by atoms with Gasteiger partial charge in [-0.05, 0) is 49.4 Å². The van der Waals surface area contributed by atoms with E-state index in [9.17, 15) is 0 Å². The molecule has 3 unspecified atom stereocenters. The van der Waals surface area contributed by atoms with Gasteiger partial charge in [0.1, 0.15) is 0 Å². The van der Waals surface area contributed by atoms with Crippen LogP contribution in [-0.4, -0.2) is 0 Å². The van der Waals surface area contributed by atoms with Crippen LogP contribution in [0.5, 0.6) is 0 Å². The fourth-order valence-corrected chi connectivity index (χ4v) is 2.90. The minimum Gasteiger partial charge on any atom is -0.0502 e. The Bertz CT molecular complexity index is 146. The Morgan fingerprint density at radius 3 is 2.40 bits per heavy atom. The quantitative estimate of drug-likeness (QED) is 0.547. The topological polar surface area (TPSA) is 0 Å². The monoisotopic (exact) mass is 136 g/mol. The molecule has 0 amide bonds. The number of fused-ring (bicyclic) bond motifs is 1. The molecule has 3 aliphatic rings. The van der Waals surface area contributed by atoms with Gasteiger partial charge < -0.3 is 0 Å². The summed E-state index contributed by atoms with van der Waals surface area (Å²) in [6, 6.07) is 0. The molecular weight excluding hydrogens is 120 g/mol. The molecular formula is C10H16. The van der Waals surface area contributed by atoms with Gasteiger partial charge in [-0.3, -0.25) is 0 Å². The van der Waals surface area contributed by atoms with E-state index < -0.39 is 0 Å². The van der Waals surface area contributed by atoms with Crippen LogP contribution in [0.3, 0.4) is 0 Å². The van der Waals surface area contributed by atoms with Crippen molar-refractivity contribution in [1.82, 2.24) is 0 Å². The maximum absolute atomic E-state index is 1.61. The Hall–Kier alpha value is 0. The van der Waals surface area contributed by atoms with Crippen molar-refractivity contribution in [1.29, 1.82) is 0 Å². The molecule has 0 aromatic carbocycles. The molecule has 3 atom stereocenters. The van der Waals surface area contributed by atoms with Crippen LogP contribution >= 0.6 is 0 Å². The van der Waals surface area contributed by atoms with Crippen LogP contribution in [-0.2, 0) is 0 Å². The Morgan fingerprint density at radius 1 is 1.00 bits per heavy atom. The van der Waals surface area contributed by atoms with Gasteiger partial charge in [0.25, 0.3) is 0 Å². The zero-order chi connectivity index (χ0) is 6.55. The molecule has 0 heteroatoms. The smallest absolute Gasteiger partial charge is 0.0354 e. The maximum Gasteiger partial charge on any atom is -0.0354 e. The molecule has 3 aliphatic carbocycles. The van der Waals surface area contributed by atoms with E-state index in [0.29, 0.717) is 0 Å². The molecule has 3 fully saturated rings. The van der Waals surface area contributed by atoms with E-state index >= 15 is 0 Å². The Labute approximate surface area is 63.0 Å². The van der Waals surface area contributed by atoms with Crippen LogP contribution in [0.15, 0.2) is 0 Å². The largest absolute Gasteiger partial charge is 0.0502 e. The molecule has 56 valence electrons. The second kappa shape index (κ2) is 1.78. The Kier molecular flexibility index (Phi) is 1.00. The van der Waals surface area contributed by atoms with Crippen LogP contribution in [0, 0.1) is 23.7 Å². The van der Waals surface area contributed by atoms with E-state index in [1.807, 2.05) is 0 Å². The van der Waals surface area contributed by atoms with Gasteiger partial charge in [-0.15, -0.1) is 0 Å². The lowest BCUT2D eigenvalue weighted by atomic mass is 9.97. The molecule has 3 rings (SSSR count). The van der Waals surface area contributed by atoms with Gasteiger partial charge in [-0.1, -0.05) is 12.8 Å². The van der Waals surface area contributed by atoms with Gasteiger partial charge in [0.05, 0.1) is 0 Å². The second-order valence-corrected chi connectivity index (χ2v) is 4.68. The molecule has 0 N–H and O–H groups in total. The van der Waals surface area contributed by atoms with Gasteiger partial charge >= 0.3 is 0 Å². The van der Waals surface area contributed by atoms with E-state index in [1.165, 1.54) is 23.7 Å². The van der Waals surface area contributed by atoms with Crippen LogP contribution < -0.4 is 0 Å². The van der Waals surface area contributed by atoms with Crippen molar-refractivity contribution in [3.63, 3.8) is 0 Å². The molecule has 0 heterocycles. The van der Waals surface area contributed by atoms with Gasteiger partial charge in [0.15, 0.2) is 0 Å². The third-order valence-electron chi connectivity index (χ3n) is 3.82. The summed E-state index contributed by atoms with van der Waals surface area (Å²) < 4.78 is 0. The molecule has 0 radical (unpaired) electrons. The highest BCUT2D eigenvalue weighted by molar-refractivity contribution is 4.98. The van der Waals surface area contributed by atoms with Gasteiger partial charge in [0, 0.05) is 0 Å². The zero-order valence-electron chi connectivity index (χ0n) is 6.55. The minimum atomic E-state index is 1.18. The van der Waals surface area contributed by atoms with E-state index in [-0.39, 0.29) is 0 Å².